The summed E-state index contributed by atoms with van der Waals surface area (Å²) in [5.74, 6) is 2.01. The number of nitrogens with one attached hydrogen (secondary N) is 2. The number of carbonyl (C=O) groups is 1. The van der Waals surface area contributed by atoms with Crippen LogP contribution in [0.3, 0.4) is 0 Å². The fourth-order valence-corrected chi connectivity index (χ4v) is 2.30. The first-order valence-corrected chi connectivity index (χ1v) is 7.26. The van der Waals surface area contributed by atoms with Gasteiger partial charge in [0.05, 0.1) is 11.9 Å². The number of amides is 1. The van der Waals surface area contributed by atoms with Gasteiger partial charge in [0, 0.05) is 25.2 Å². The predicted molar refractivity (Wildman–Crippen MR) is 80.9 cm³/mol. The second-order valence-electron chi connectivity index (χ2n) is 5.26. The Balaban J connectivity index is 1.57. The molecule has 0 unspecified atom stereocenters. The highest BCUT2D eigenvalue weighted by molar-refractivity contribution is 5.92. The maximum atomic E-state index is 12.1. The van der Waals surface area contributed by atoms with Gasteiger partial charge in [0.1, 0.15) is 11.6 Å². The van der Waals surface area contributed by atoms with Crippen LogP contribution in [0.5, 0.6) is 0 Å². The van der Waals surface area contributed by atoms with Crippen molar-refractivity contribution in [2.75, 3.05) is 23.8 Å². The predicted octanol–water partition coefficient (Wildman–Crippen LogP) is 2.49. The van der Waals surface area contributed by atoms with Crippen LogP contribution in [0.15, 0.2) is 28.9 Å². The lowest BCUT2D eigenvalue weighted by Gasteiger charge is -2.21. The maximum absolute atomic E-state index is 12.1. The van der Waals surface area contributed by atoms with Crippen LogP contribution in [0.4, 0.5) is 17.3 Å². The fourth-order valence-electron chi connectivity index (χ4n) is 2.30. The molecule has 7 nitrogen and oxygen atoms in total. The molecular formula is C15H18N4O3. The van der Waals surface area contributed by atoms with E-state index in [1.807, 2.05) is 6.92 Å². The summed E-state index contributed by atoms with van der Waals surface area (Å²) in [5, 5.41) is 9.75. The number of aromatic nitrogens is 2. The van der Waals surface area contributed by atoms with E-state index in [1.165, 1.54) is 0 Å². The second-order valence-corrected chi connectivity index (χ2v) is 5.26. The summed E-state index contributed by atoms with van der Waals surface area (Å²) >= 11 is 0. The van der Waals surface area contributed by atoms with Gasteiger partial charge in [-0.2, -0.15) is 0 Å². The zero-order valence-corrected chi connectivity index (χ0v) is 12.3. The summed E-state index contributed by atoms with van der Waals surface area (Å²) in [6, 6.07) is 5.37. The minimum atomic E-state index is 0.0182. The average Bonchev–Trinajstić information content (AvgIpc) is 2.95. The fraction of sp³-hybridized carbons (Fsp3) is 0.400. The van der Waals surface area contributed by atoms with Crippen molar-refractivity contribution in [1.82, 2.24) is 10.1 Å². The Bertz CT molecular complexity index is 632. The Labute approximate surface area is 128 Å². The lowest BCUT2D eigenvalue weighted by atomic mass is 9.99. The van der Waals surface area contributed by atoms with Crippen molar-refractivity contribution >= 4 is 23.2 Å². The largest absolute Gasteiger partial charge is 0.381 e. The van der Waals surface area contributed by atoms with Crippen molar-refractivity contribution in [3.8, 4) is 0 Å². The molecule has 3 rings (SSSR count). The first-order chi connectivity index (χ1) is 10.7. The van der Waals surface area contributed by atoms with E-state index < -0.39 is 0 Å². The van der Waals surface area contributed by atoms with E-state index in [9.17, 15) is 4.79 Å². The van der Waals surface area contributed by atoms with E-state index in [1.54, 1.807) is 24.4 Å². The molecule has 7 heteroatoms. The molecule has 2 N–H and O–H groups in total. The zero-order chi connectivity index (χ0) is 15.4. The molecule has 116 valence electrons. The third kappa shape index (κ3) is 3.62. The highest BCUT2D eigenvalue weighted by Crippen LogP contribution is 2.19. The van der Waals surface area contributed by atoms with Crippen molar-refractivity contribution in [3.63, 3.8) is 0 Å². The molecule has 2 aromatic rings. The van der Waals surface area contributed by atoms with E-state index in [-0.39, 0.29) is 11.8 Å². The summed E-state index contributed by atoms with van der Waals surface area (Å²) in [7, 11) is 0. The summed E-state index contributed by atoms with van der Waals surface area (Å²) in [6.07, 6.45) is 3.15. The van der Waals surface area contributed by atoms with Crippen molar-refractivity contribution in [1.29, 1.82) is 0 Å². The van der Waals surface area contributed by atoms with Gasteiger partial charge in [0.15, 0.2) is 5.82 Å². The molecule has 1 saturated heterocycles. The molecule has 0 bridgehead atoms. The number of pyridine rings is 1. The van der Waals surface area contributed by atoms with E-state index >= 15 is 0 Å². The van der Waals surface area contributed by atoms with E-state index in [4.69, 9.17) is 9.26 Å². The molecule has 1 amide bonds. The maximum Gasteiger partial charge on any atom is 0.227 e. The average molecular weight is 302 g/mol. The van der Waals surface area contributed by atoms with E-state index in [0.717, 1.165) is 18.6 Å². The van der Waals surface area contributed by atoms with Crippen LogP contribution in [-0.4, -0.2) is 29.3 Å². The molecule has 0 saturated carbocycles. The first-order valence-electron chi connectivity index (χ1n) is 7.26. The topological polar surface area (TPSA) is 89.3 Å². The van der Waals surface area contributed by atoms with Crippen LogP contribution >= 0.6 is 0 Å². The number of hydrogen-bond donors (Lipinski definition) is 2. The molecule has 0 aromatic carbocycles. The molecule has 22 heavy (non-hydrogen) atoms. The van der Waals surface area contributed by atoms with E-state index in [0.29, 0.717) is 30.5 Å². The van der Waals surface area contributed by atoms with E-state index in [2.05, 4.69) is 20.8 Å². The third-order valence-electron chi connectivity index (χ3n) is 3.51. The van der Waals surface area contributed by atoms with Crippen LogP contribution in [0.1, 0.15) is 18.6 Å². The number of nitrogens with zero attached hydrogens (tertiary/aromatic N) is 2. The summed E-state index contributed by atoms with van der Waals surface area (Å²) in [6.45, 7) is 3.12. The molecule has 1 aliphatic heterocycles. The highest BCUT2D eigenvalue weighted by Gasteiger charge is 2.21. The van der Waals surface area contributed by atoms with Gasteiger partial charge in [-0.05, 0) is 31.9 Å². The molecule has 0 radical (unpaired) electrons. The first kappa shape index (κ1) is 14.5. The zero-order valence-electron chi connectivity index (χ0n) is 12.3. The van der Waals surface area contributed by atoms with Gasteiger partial charge < -0.3 is 19.9 Å². The molecule has 0 aliphatic carbocycles. The molecule has 1 fully saturated rings. The SMILES string of the molecule is Cc1cc(Nc2ccc(NC(=O)C3CCOCC3)cn2)no1. The standard InChI is InChI=1S/C15H18N4O3/c1-10-8-14(19-22-10)18-13-3-2-12(9-16-13)17-15(20)11-4-6-21-7-5-11/h2-3,8-9,11H,4-7H2,1H3,(H,17,20)(H,16,18,19). The molecule has 2 aromatic heterocycles. The smallest absolute Gasteiger partial charge is 0.227 e. The van der Waals surface area contributed by atoms with Crippen LogP contribution in [0.2, 0.25) is 0 Å². The number of rotatable bonds is 4. The van der Waals surface area contributed by atoms with Gasteiger partial charge in [-0.25, -0.2) is 4.98 Å². The molecule has 3 heterocycles. The molecule has 0 spiro atoms. The summed E-state index contributed by atoms with van der Waals surface area (Å²) in [5.41, 5.74) is 0.679. The van der Waals surface area contributed by atoms with Crippen LogP contribution < -0.4 is 10.6 Å². The number of hydrogen-bond acceptors (Lipinski definition) is 6. The van der Waals surface area contributed by atoms with Crippen molar-refractivity contribution in [2.45, 2.75) is 19.8 Å². The molecule has 1 aliphatic rings. The Morgan fingerprint density at radius 1 is 1.27 bits per heavy atom. The minimum absolute atomic E-state index is 0.0182. The Morgan fingerprint density at radius 2 is 2.09 bits per heavy atom. The van der Waals surface area contributed by atoms with Gasteiger partial charge in [-0.3, -0.25) is 4.79 Å². The van der Waals surface area contributed by atoms with Gasteiger partial charge in [-0.1, -0.05) is 5.16 Å². The normalized spacial score (nSPS) is 15.5. The number of anilines is 3. The summed E-state index contributed by atoms with van der Waals surface area (Å²) < 4.78 is 10.2. The van der Waals surface area contributed by atoms with Crippen molar-refractivity contribution in [2.24, 2.45) is 5.92 Å². The second kappa shape index (κ2) is 6.57. The lowest BCUT2D eigenvalue weighted by Crippen LogP contribution is -2.28. The van der Waals surface area contributed by atoms with Crippen LogP contribution in [-0.2, 0) is 9.53 Å². The van der Waals surface area contributed by atoms with Gasteiger partial charge in [-0.15, -0.1) is 0 Å². The molecular weight excluding hydrogens is 284 g/mol. The lowest BCUT2D eigenvalue weighted by molar-refractivity contribution is -0.122. The van der Waals surface area contributed by atoms with Gasteiger partial charge >= 0.3 is 0 Å². The number of ether oxygens (including phenoxy) is 1. The number of carbonyl (C=O) groups excluding carboxylic acids is 1. The van der Waals surface area contributed by atoms with Crippen molar-refractivity contribution in [3.05, 3.63) is 30.2 Å². The Morgan fingerprint density at radius 3 is 2.73 bits per heavy atom. The van der Waals surface area contributed by atoms with Gasteiger partial charge in [0.2, 0.25) is 5.91 Å². The number of aryl methyl sites for hydroxylation is 1. The molecule has 0 atom stereocenters. The highest BCUT2D eigenvalue weighted by atomic mass is 16.5. The van der Waals surface area contributed by atoms with Gasteiger partial charge in [0.25, 0.3) is 0 Å². The van der Waals surface area contributed by atoms with Crippen molar-refractivity contribution < 1.29 is 14.1 Å². The Kier molecular flexibility index (Phi) is 4.34. The van der Waals surface area contributed by atoms with Crippen LogP contribution in [0.25, 0.3) is 0 Å². The quantitative estimate of drug-likeness (QED) is 0.902. The monoisotopic (exact) mass is 302 g/mol. The Hall–Kier alpha value is -2.41. The van der Waals surface area contributed by atoms with Crippen LogP contribution in [0, 0.1) is 12.8 Å². The third-order valence-corrected chi connectivity index (χ3v) is 3.51. The summed E-state index contributed by atoms with van der Waals surface area (Å²) in [4.78, 5) is 16.4. The minimum Gasteiger partial charge on any atom is -0.381 e.